The maximum Gasteiger partial charge on any atom is 0.338 e. The van der Waals surface area contributed by atoms with Gasteiger partial charge in [0, 0.05) is 19.6 Å². The van der Waals surface area contributed by atoms with E-state index in [-0.39, 0.29) is 5.75 Å². The summed E-state index contributed by atoms with van der Waals surface area (Å²) >= 11 is 0. The van der Waals surface area contributed by atoms with Gasteiger partial charge in [0.25, 0.3) is 0 Å². The average Bonchev–Trinajstić information content (AvgIpc) is 3.26. The summed E-state index contributed by atoms with van der Waals surface area (Å²) in [6.45, 7) is 4.05. The maximum absolute atomic E-state index is 14.6. The van der Waals surface area contributed by atoms with Crippen LogP contribution < -0.4 is 4.74 Å². The van der Waals surface area contributed by atoms with Crippen molar-refractivity contribution >= 4 is 5.97 Å². The molecule has 1 saturated carbocycles. The molecule has 2 aromatic rings. The fraction of sp³-hybridized carbons (Fsp3) is 0.458. The molecule has 4 rings (SSSR count). The Balaban J connectivity index is 1.44. The van der Waals surface area contributed by atoms with Crippen molar-refractivity contribution in [1.29, 1.82) is 0 Å². The Morgan fingerprint density at radius 2 is 1.80 bits per heavy atom. The number of esters is 1. The fourth-order valence-corrected chi connectivity index (χ4v) is 4.23. The molecule has 0 amide bonds. The molecule has 6 heteroatoms. The van der Waals surface area contributed by atoms with Crippen molar-refractivity contribution in [3.05, 3.63) is 65.5 Å². The fourth-order valence-electron chi connectivity index (χ4n) is 4.23. The van der Waals surface area contributed by atoms with Gasteiger partial charge in [0.2, 0.25) is 0 Å². The molecule has 5 nitrogen and oxygen atoms in total. The third-order valence-corrected chi connectivity index (χ3v) is 5.93. The van der Waals surface area contributed by atoms with Crippen molar-refractivity contribution in [3.8, 4) is 5.75 Å². The lowest BCUT2D eigenvalue weighted by Crippen LogP contribution is -2.38. The van der Waals surface area contributed by atoms with Crippen LogP contribution in [-0.4, -0.2) is 50.3 Å². The Kier molecular flexibility index (Phi) is 6.65. The van der Waals surface area contributed by atoms with Crippen LogP contribution in [0.5, 0.6) is 5.75 Å². The predicted octanol–water partition coefficient (Wildman–Crippen LogP) is 4.16. The molecule has 2 aliphatic rings. The van der Waals surface area contributed by atoms with Crippen LogP contribution in [0.15, 0.2) is 48.5 Å². The lowest BCUT2D eigenvalue weighted by molar-refractivity contribution is 0.0194. The second-order valence-electron chi connectivity index (χ2n) is 7.90. The van der Waals surface area contributed by atoms with Crippen LogP contribution in [0.3, 0.4) is 0 Å². The molecular formula is C24H28FNO4. The first kappa shape index (κ1) is 20.8. The normalized spacial score (nSPS) is 18.8. The van der Waals surface area contributed by atoms with E-state index < -0.39 is 17.4 Å². The minimum absolute atomic E-state index is 0.100. The standard InChI is InChI=1S/C24H28FNO4/c25-21-9-8-19(23(27)29-17-14-26-12-15-28-16-13-26)18-22(21)30-24(10-4-5-11-24)20-6-2-1-3-7-20/h1-3,6-9,18H,4-5,10-17H2. The van der Waals surface area contributed by atoms with E-state index in [1.54, 1.807) is 0 Å². The topological polar surface area (TPSA) is 48.0 Å². The van der Waals surface area contributed by atoms with Gasteiger partial charge in [-0.3, -0.25) is 4.90 Å². The Labute approximate surface area is 176 Å². The van der Waals surface area contributed by atoms with Crippen molar-refractivity contribution in [1.82, 2.24) is 4.90 Å². The van der Waals surface area contributed by atoms with Gasteiger partial charge in [-0.05, 0) is 49.4 Å². The van der Waals surface area contributed by atoms with Gasteiger partial charge < -0.3 is 14.2 Å². The van der Waals surface area contributed by atoms with Gasteiger partial charge in [0.15, 0.2) is 11.6 Å². The molecule has 30 heavy (non-hydrogen) atoms. The first-order valence-corrected chi connectivity index (χ1v) is 10.7. The lowest BCUT2D eigenvalue weighted by atomic mass is 9.92. The molecule has 0 unspecified atom stereocenters. The quantitative estimate of drug-likeness (QED) is 0.638. The summed E-state index contributed by atoms with van der Waals surface area (Å²) in [5.41, 5.74) is 0.788. The smallest absolute Gasteiger partial charge is 0.338 e. The molecular weight excluding hydrogens is 385 g/mol. The minimum atomic E-state index is -0.555. The number of hydrogen-bond donors (Lipinski definition) is 0. The monoisotopic (exact) mass is 413 g/mol. The molecule has 2 aromatic carbocycles. The first-order valence-electron chi connectivity index (χ1n) is 10.7. The zero-order valence-corrected chi connectivity index (χ0v) is 17.1. The summed E-state index contributed by atoms with van der Waals surface area (Å²) in [5, 5.41) is 0. The molecule has 0 aromatic heterocycles. The van der Waals surface area contributed by atoms with Gasteiger partial charge in [-0.2, -0.15) is 0 Å². The number of carbonyl (C=O) groups is 1. The summed E-state index contributed by atoms with van der Waals surface area (Å²) in [6.07, 6.45) is 3.70. The molecule has 0 N–H and O–H groups in total. The average molecular weight is 413 g/mol. The Morgan fingerprint density at radius 3 is 2.53 bits per heavy atom. The third-order valence-electron chi connectivity index (χ3n) is 5.93. The summed E-state index contributed by atoms with van der Waals surface area (Å²) < 4.78 is 31.6. The second kappa shape index (κ2) is 9.58. The number of rotatable bonds is 7. The highest BCUT2D eigenvalue weighted by atomic mass is 19.1. The highest BCUT2D eigenvalue weighted by molar-refractivity contribution is 5.89. The molecule has 2 fully saturated rings. The van der Waals surface area contributed by atoms with Gasteiger partial charge in [0.05, 0.1) is 18.8 Å². The van der Waals surface area contributed by atoms with Crippen LogP contribution in [-0.2, 0) is 15.1 Å². The molecule has 0 spiro atoms. The van der Waals surface area contributed by atoms with E-state index in [1.165, 1.54) is 18.2 Å². The number of hydrogen-bond acceptors (Lipinski definition) is 5. The Bertz CT molecular complexity index is 846. The molecule has 1 aliphatic heterocycles. The second-order valence-corrected chi connectivity index (χ2v) is 7.90. The van der Waals surface area contributed by atoms with Gasteiger partial charge in [-0.15, -0.1) is 0 Å². The first-order chi connectivity index (χ1) is 14.7. The van der Waals surface area contributed by atoms with E-state index in [2.05, 4.69) is 4.90 Å². The maximum atomic E-state index is 14.6. The van der Waals surface area contributed by atoms with E-state index in [9.17, 15) is 9.18 Å². The van der Waals surface area contributed by atoms with Gasteiger partial charge in [-0.25, -0.2) is 9.18 Å². The zero-order valence-electron chi connectivity index (χ0n) is 17.1. The van der Waals surface area contributed by atoms with E-state index in [4.69, 9.17) is 14.2 Å². The molecule has 1 heterocycles. The highest BCUT2D eigenvalue weighted by Gasteiger charge is 2.38. The van der Waals surface area contributed by atoms with E-state index in [0.29, 0.717) is 31.9 Å². The highest BCUT2D eigenvalue weighted by Crippen LogP contribution is 2.43. The van der Waals surface area contributed by atoms with Gasteiger partial charge >= 0.3 is 5.97 Å². The summed E-state index contributed by atoms with van der Waals surface area (Å²) in [4.78, 5) is 14.7. The van der Waals surface area contributed by atoms with Crippen molar-refractivity contribution in [2.45, 2.75) is 31.3 Å². The van der Waals surface area contributed by atoms with Crippen molar-refractivity contribution in [2.75, 3.05) is 39.5 Å². The predicted molar refractivity (Wildman–Crippen MR) is 111 cm³/mol. The lowest BCUT2D eigenvalue weighted by Gasteiger charge is -2.31. The number of carbonyl (C=O) groups excluding carboxylic acids is 1. The van der Waals surface area contributed by atoms with Gasteiger partial charge in [-0.1, -0.05) is 30.3 Å². The molecule has 0 bridgehead atoms. The van der Waals surface area contributed by atoms with E-state index in [1.807, 2.05) is 30.3 Å². The van der Waals surface area contributed by atoms with E-state index >= 15 is 0 Å². The Hall–Kier alpha value is -2.44. The zero-order chi connectivity index (χ0) is 20.8. The number of halogens is 1. The van der Waals surface area contributed by atoms with Crippen LogP contribution >= 0.6 is 0 Å². The summed E-state index contributed by atoms with van der Waals surface area (Å²) in [5.74, 6) is -0.834. The molecule has 1 aliphatic carbocycles. The van der Waals surface area contributed by atoms with Gasteiger partial charge in [0.1, 0.15) is 12.2 Å². The van der Waals surface area contributed by atoms with E-state index in [0.717, 1.165) is 44.3 Å². The Morgan fingerprint density at radius 1 is 1.07 bits per heavy atom. The van der Waals surface area contributed by atoms with Crippen molar-refractivity contribution in [3.63, 3.8) is 0 Å². The molecule has 0 radical (unpaired) electrons. The van der Waals surface area contributed by atoms with Crippen molar-refractivity contribution in [2.24, 2.45) is 0 Å². The molecule has 160 valence electrons. The van der Waals surface area contributed by atoms with Crippen molar-refractivity contribution < 1.29 is 23.4 Å². The van der Waals surface area contributed by atoms with Crippen LogP contribution in [0.4, 0.5) is 4.39 Å². The SMILES string of the molecule is O=C(OCCN1CCOCC1)c1ccc(F)c(OC2(c3ccccc3)CCCC2)c1. The summed E-state index contributed by atoms with van der Waals surface area (Å²) in [6, 6.07) is 14.1. The van der Waals surface area contributed by atoms with Crippen LogP contribution in [0.1, 0.15) is 41.6 Å². The number of nitrogens with zero attached hydrogens (tertiary/aromatic N) is 1. The molecule has 0 atom stereocenters. The van der Waals surface area contributed by atoms with Crippen LogP contribution in [0, 0.1) is 5.82 Å². The number of morpholine rings is 1. The molecule has 1 saturated heterocycles. The number of ether oxygens (including phenoxy) is 3. The van der Waals surface area contributed by atoms with Crippen LogP contribution in [0.2, 0.25) is 0 Å². The summed E-state index contributed by atoms with van der Waals surface area (Å²) in [7, 11) is 0. The minimum Gasteiger partial charge on any atom is -0.479 e. The third kappa shape index (κ3) is 4.82. The van der Waals surface area contributed by atoms with Crippen LogP contribution in [0.25, 0.3) is 0 Å². The number of benzene rings is 2. The largest absolute Gasteiger partial charge is 0.479 e.